The highest BCUT2D eigenvalue weighted by molar-refractivity contribution is 7.18. The molecule has 2 rings (SSSR count). The van der Waals surface area contributed by atoms with Gasteiger partial charge in [-0.1, -0.05) is 13.8 Å². The summed E-state index contributed by atoms with van der Waals surface area (Å²) in [5, 5.41) is 4.62. The molecule has 0 radical (unpaired) electrons. The Balaban J connectivity index is 2.29. The van der Waals surface area contributed by atoms with Crippen molar-refractivity contribution in [1.29, 1.82) is 0 Å². The molecule has 0 aliphatic rings. The van der Waals surface area contributed by atoms with Crippen LogP contribution < -0.4 is 11.1 Å². The van der Waals surface area contributed by atoms with Crippen molar-refractivity contribution in [2.45, 2.75) is 33.2 Å². The summed E-state index contributed by atoms with van der Waals surface area (Å²) >= 11 is 1.70. The monoisotopic (exact) mass is 264 g/mol. The Kier molecular flexibility index (Phi) is 4.14. The molecule has 0 amide bonds. The lowest BCUT2D eigenvalue weighted by molar-refractivity contribution is 0.498. The van der Waals surface area contributed by atoms with Crippen LogP contribution in [0.5, 0.6) is 0 Å². The molecular weight excluding hydrogens is 244 g/mol. The van der Waals surface area contributed by atoms with Crippen LogP contribution in [-0.2, 0) is 0 Å². The van der Waals surface area contributed by atoms with E-state index in [-0.39, 0.29) is 0 Å². The minimum Gasteiger partial charge on any atom is -0.366 e. The van der Waals surface area contributed by atoms with Crippen molar-refractivity contribution >= 4 is 27.4 Å². The fourth-order valence-corrected chi connectivity index (χ4v) is 2.87. The van der Waals surface area contributed by atoms with Gasteiger partial charge in [0, 0.05) is 10.9 Å². The Morgan fingerprint density at radius 1 is 1.39 bits per heavy atom. The van der Waals surface area contributed by atoms with Crippen LogP contribution in [0.25, 0.3) is 10.2 Å². The van der Waals surface area contributed by atoms with E-state index in [9.17, 15) is 0 Å². The number of thiophene rings is 1. The molecule has 2 aromatic heterocycles. The first-order valence-electron chi connectivity index (χ1n) is 6.29. The Morgan fingerprint density at radius 2 is 2.17 bits per heavy atom. The molecule has 1 unspecified atom stereocenters. The van der Waals surface area contributed by atoms with Gasteiger partial charge in [0.15, 0.2) is 0 Å². The highest BCUT2D eigenvalue weighted by Gasteiger charge is 2.15. The SMILES string of the molecule is Cc1cc2c(NC(CCN)C(C)C)ncnc2s1. The van der Waals surface area contributed by atoms with E-state index in [0.717, 1.165) is 22.5 Å². The van der Waals surface area contributed by atoms with Crippen molar-refractivity contribution < 1.29 is 0 Å². The molecule has 0 saturated carbocycles. The summed E-state index contributed by atoms with van der Waals surface area (Å²) in [6.45, 7) is 7.18. The molecule has 98 valence electrons. The van der Waals surface area contributed by atoms with E-state index in [1.54, 1.807) is 17.7 Å². The van der Waals surface area contributed by atoms with Crippen LogP contribution in [-0.4, -0.2) is 22.6 Å². The first-order valence-corrected chi connectivity index (χ1v) is 7.11. The first-order chi connectivity index (χ1) is 8.61. The molecular formula is C13H20N4S. The van der Waals surface area contributed by atoms with E-state index >= 15 is 0 Å². The van der Waals surface area contributed by atoms with Gasteiger partial charge in [0.25, 0.3) is 0 Å². The summed E-state index contributed by atoms with van der Waals surface area (Å²) < 4.78 is 0. The van der Waals surface area contributed by atoms with Gasteiger partial charge in [0.2, 0.25) is 0 Å². The molecule has 5 heteroatoms. The number of aromatic nitrogens is 2. The zero-order valence-electron chi connectivity index (χ0n) is 11.1. The van der Waals surface area contributed by atoms with Crippen LogP contribution in [0.15, 0.2) is 12.4 Å². The van der Waals surface area contributed by atoms with Crippen molar-refractivity contribution in [2.75, 3.05) is 11.9 Å². The van der Waals surface area contributed by atoms with Crippen LogP contribution in [0, 0.1) is 12.8 Å². The first kappa shape index (κ1) is 13.2. The molecule has 0 bridgehead atoms. The van der Waals surface area contributed by atoms with Crippen LogP contribution >= 0.6 is 11.3 Å². The van der Waals surface area contributed by atoms with E-state index < -0.39 is 0 Å². The fraction of sp³-hybridized carbons (Fsp3) is 0.538. The number of nitrogens with zero attached hydrogens (tertiary/aromatic N) is 2. The molecule has 2 heterocycles. The maximum atomic E-state index is 5.67. The van der Waals surface area contributed by atoms with Gasteiger partial charge in [-0.15, -0.1) is 11.3 Å². The normalized spacial score (nSPS) is 13.2. The summed E-state index contributed by atoms with van der Waals surface area (Å²) in [6.07, 6.45) is 2.58. The summed E-state index contributed by atoms with van der Waals surface area (Å²) in [5.41, 5.74) is 5.67. The van der Waals surface area contributed by atoms with Crippen molar-refractivity contribution in [1.82, 2.24) is 9.97 Å². The quantitative estimate of drug-likeness (QED) is 0.871. The van der Waals surface area contributed by atoms with E-state index in [0.29, 0.717) is 18.5 Å². The van der Waals surface area contributed by atoms with E-state index in [4.69, 9.17) is 5.73 Å². The maximum absolute atomic E-state index is 5.67. The third-order valence-corrected chi connectivity index (χ3v) is 4.02. The van der Waals surface area contributed by atoms with Gasteiger partial charge in [0.1, 0.15) is 17.0 Å². The van der Waals surface area contributed by atoms with Crippen LogP contribution in [0.2, 0.25) is 0 Å². The van der Waals surface area contributed by atoms with Gasteiger partial charge in [-0.2, -0.15) is 0 Å². The second-order valence-corrected chi connectivity index (χ2v) is 6.11. The van der Waals surface area contributed by atoms with E-state index in [1.807, 2.05) is 0 Å². The molecule has 1 atom stereocenters. The maximum Gasteiger partial charge on any atom is 0.138 e. The zero-order valence-corrected chi connectivity index (χ0v) is 11.9. The van der Waals surface area contributed by atoms with E-state index in [2.05, 4.69) is 42.1 Å². The van der Waals surface area contributed by atoms with Crippen molar-refractivity contribution in [3.63, 3.8) is 0 Å². The minimum absolute atomic E-state index is 0.355. The van der Waals surface area contributed by atoms with Crippen molar-refractivity contribution in [3.05, 3.63) is 17.3 Å². The van der Waals surface area contributed by atoms with Crippen LogP contribution in [0.4, 0.5) is 5.82 Å². The lowest BCUT2D eigenvalue weighted by atomic mass is 10.0. The summed E-state index contributed by atoms with van der Waals surface area (Å²) in [5.74, 6) is 1.45. The minimum atomic E-state index is 0.355. The fourth-order valence-electron chi connectivity index (χ4n) is 2.02. The molecule has 0 spiro atoms. The van der Waals surface area contributed by atoms with Gasteiger partial charge in [0.05, 0.1) is 5.39 Å². The second kappa shape index (κ2) is 5.63. The van der Waals surface area contributed by atoms with Gasteiger partial charge < -0.3 is 11.1 Å². The number of rotatable bonds is 5. The Bertz CT molecular complexity index is 521. The van der Waals surface area contributed by atoms with Gasteiger partial charge >= 0.3 is 0 Å². The molecule has 0 aliphatic carbocycles. The number of nitrogens with one attached hydrogen (secondary N) is 1. The molecule has 4 nitrogen and oxygen atoms in total. The number of hydrogen-bond donors (Lipinski definition) is 2. The smallest absolute Gasteiger partial charge is 0.138 e. The largest absolute Gasteiger partial charge is 0.366 e. The average Bonchev–Trinajstić information content (AvgIpc) is 2.69. The molecule has 18 heavy (non-hydrogen) atoms. The van der Waals surface area contributed by atoms with Crippen LogP contribution in [0.1, 0.15) is 25.1 Å². The summed E-state index contributed by atoms with van der Waals surface area (Å²) in [4.78, 5) is 11.0. The number of anilines is 1. The van der Waals surface area contributed by atoms with Crippen LogP contribution in [0.3, 0.4) is 0 Å². The third kappa shape index (κ3) is 2.79. The Morgan fingerprint density at radius 3 is 2.83 bits per heavy atom. The van der Waals surface area contributed by atoms with E-state index in [1.165, 1.54) is 4.88 Å². The number of nitrogens with two attached hydrogens (primary N) is 1. The number of hydrogen-bond acceptors (Lipinski definition) is 5. The highest BCUT2D eigenvalue weighted by atomic mass is 32.1. The standard InChI is InChI=1S/C13H20N4S/c1-8(2)11(4-5-14)17-12-10-6-9(3)18-13(10)16-7-15-12/h6-8,11H,4-5,14H2,1-3H3,(H,15,16,17). The zero-order chi connectivity index (χ0) is 13.1. The molecule has 2 aromatic rings. The van der Waals surface area contributed by atoms with Crippen molar-refractivity contribution in [3.8, 4) is 0 Å². The number of fused-ring (bicyclic) bond motifs is 1. The predicted molar refractivity (Wildman–Crippen MR) is 78.1 cm³/mol. The molecule has 0 fully saturated rings. The lowest BCUT2D eigenvalue weighted by Gasteiger charge is -2.22. The third-order valence-electron chi connectivity index (χ3n) is 3.06. The molecule has 0 aromatic carbocycles. The van der Waals surface area contributed by atoms with Crippen molar-refractivity contribution in [2.24, 2.45) is 11.7 Å². The summed E-state index contributed by atoms with van der Waals surface area (Å²) in [7, 11) is 0. The molecule has 0 saturated heterocycles. The highest BCUT2D eigenvalue weighted by Crippen LogP contribution is 2.28. The Labute approximate surface area is 112 Å². The lowest BCUT2D eigenvalue weighted by Crippen LogP contribution is -2.28. The average molecular weight is 264 g/mol. The van der Waals surface area contributed by atoms with Gasteiger partial charge in [-0.3, -0.25) is 0 Å². The summed E-state index contributed by atoms with van der Waals surface area (Å²) in [6, 6.07) is 2.50. The topological polar surface area (TPSA) is 63.8 Å². The second-order valence-electron chi connectivity index (χ2n) is 4.87. The Hall–Kier alpha value is -1.20. The number of aryl methyl sites for hydroxylation is 1. The predicted octanol–water partition coefficient (Wildman–Crippen LogP) is 2.79. The van der Waals surface area contributed by atoms with Gasteiger partial charge in [-0.25, -0.2) is 9.97 Å². The van der Waals surface area contributed by atoms with Gasteiger partial charge in [-0.05, 0) is 31.9 Å². The molecule has 0 aliphatic heterocycles. The molecule has 3 N–H and O–H groups in total.